The molecule has 0 spiro atoms. The molecule has 0 amide bonds. The van der Waals surface area contributed by atoms with E-state index < -0.39 is 0 Å². The Hall–Kier alpha value is -0.860. The van der Waals surface area contributed by atoms with Crippen LogP contribution in [-0.2, 0) is 15.9 Å². The van der Waals surface area contributed by atoms with Gasteiger partial charge in [-0.25, -0.2) is 0 Å². The van der Waals surface area contributed by atoms with Crippen LogP contribution in [0.25, 0.3) is 0 Å². The van der Waals surface area contributed by atoms with Crippen molar-refractivity contribution in [2.24, 2.45) is 0 Å². The second-order valence-electron chi connectivity index (χ2n) is 4.28. The first-order valence-corrected chi connectivity index (χ1v) is 6.15. The third kappa shape index (κ3) is 2.63. The molecule has 1 saturated heterocycles. The lowest BCUT2D eigenvalue weighted by molar-refractivity contribution is -0.135. The number of rotatable bonds is 3. The molecule has 2 rings (SSSR count). The van der Waals surface area contributed by atoms with Crippen molar-refractivity contribution < 1.29 is 9.47 Å². The fraction of sp³-hybridized carbons (Fsp3) is 0.571. The second kappa shape index (κ2) is 5.46. The number of benzene rings is 1. The Bertz CT molecular complexity index is 310. The standard InChI is InChI=1S/C14H20O2/c1-3-11-5-7-12(8-6-11)14-10-15-13(4-2)9-16-14/h5-8,13-14H,3-4,9-10H2,1-2H3/t13-,14-/m1/s1. The van der Waals surface area contributed by atoms with Gasteiger partial charge in [-0.2, -0.15) is 0 Å². The van der Waals surface area contributed by atoms with Crippen LogP contribution in [0.4, 0.5) is 0 Å². The topological polar surface area (TPSA) is 18.5 Å². The van der Waals surface area contributed by atoms with Crippen LogP contribution < -0.4 is 0 Å². The zero-order valence-corrected chi connectivity index (χ0v) is 10.1. The first-order valence-electron chi connectivity index (χ1n) is 6.15. The Morgan fingerprint density at radius 1 is 1.06 bits per heavy atom. The van der Waals surface area contributed by atoms with Gasteiger partial charge in [0.1, 0.15) is 6.10 Å². The Balaban J connectivity index is 1.97. The van der Waals surface area contributed by atoms with Crippen LogP contribution in [0.5, 0.6) is 0 Å². The minimum absolute atomic E-state index is 0.119. The van der Waals surface area contributed by atoms with Crippen molar-refractivity contribution in [2.75, 3.05) is 13.2 Å². The maximum absolute atomic E-state index is 5.82. The number of hydrogen-bond acceptors (Lipinski definition) is 2. The van der Waals surface area contributed by atoms with Crippen molar-refractivity contribution in [3.8, 4) is 0 Å². The third-order valence-corrected chi connectivity index (χ3v) is 3.18. The number of ether oxygens (including phenoxy) is 2. The molecule has 16 heavy (non-hydrogen) atoms. The summed E-state index contributed by atoms with van der Waals surface area (Å²) in [5, 5.41) is 0. The molecule has 0 bridgehead atoms. The molecule has 0 N–H and O–H groups in total. The summed E-state index contributed by atoms with van der Waals surface area (Å²) in [5.41, 5.74) is 2.60. The maximum Gasteiger partial charge on any atom is 0.106 e. The Morgan fingerprint density at radius 2 is 1.81 bits per heavy atom. The molecule has 1 heterocycles. The van der Waals surface area contributed by atoms with Crippen LogP contribution in [0.2, 0.25) is 0 Å². The van der Waals surface area contributed by atoms with E-state index in [0.717, 1.165) is 19.4 Å². The van der Waals surface area contributed by atoms with E-state index in [1.807, 2.05) is 0 Å². The van der Waals surface area contributed by atoms with E-state index in [1.165, 1.54) is 11.1 Å². The molecule has 0 aliphatic carbocycles. The van der Waals surface area contributed by atoms with Crippen molar-refractivity contribution in [2.45, 2.75) is 38.9 Å². The van der Waals surface area contributed by atoms with E-state index in [1.54, 1.807) is 0 Å². The van der Waals surface area contributed by atoms with Crippen molar-refractivity contribution >= 4 is 0 Å². The van der Waals surface area contributed by atoms with Crippen molar-refractivity contribution in [1.82, 2.24) is 0 Å². The van der Waals surface area contributed by atoms with Gasteiger partial charge in [-0.05, 0) is 24.0 Å². The molecule has 1 aromatic rings. The summed E-state index contributed by atoms with van der Waals surface area (Å²) in [4.78, 5) is 0. The second-order valence-corrected chi connectivity index (χ2v) is 4.28. The van der Waals surface area contributed by atoms with Gasteiger partial charge < -0.3 is 9.47 Å². The minimum Gasteiger partial charge on any atom is -0.373 e. The molecular formula is C14H20O2. The first-order chi connectivity index (χ1) is 7.83. The summed E-state index contributed by atoms with van der Waals surface area (Å²) in [7, 11) is 0. The molecule has 2 atom stereocenters. The molecular weight excluding hydrogens is 200 g/mol. The smallest absolute Gasteiger partial charge is 0.106 e. The lowest BCUT2D eigenvalue weighted by Gasteiger charge is -2.29. The van der Waals surface area contributed by atoms with E-state index >= 15 is 0 Å². The molecule has 0 saturated carbocycles. The third-order valence-electron chi connectivity index (χ3n) is 3.18. The van der Waals surface area contributed by atoms with Gasteiger partial charge >= 0.3 is 0 Å². The first kappa shape index (κ1) is 11.6. The summed E-state index contributed by atoms with van der Waals surface area (Å²) in [5.74, 6) is 0. The molecule has 2 heteroatoms. The van der Waals surface area contributed by atoms with Gasteiger partial charge in [-0.3, -0.25) is 0 Å². The highest BCUT2D eigenvalue weighted by Crippen LogP contribution is 2.24. The lowest BCUT2D eigenvalue weighted by atomic mass is 10.1. The predicted molar refractivity (Wildman–Crippen MR) is 64.5 cm³/mol. The highest BCUT2D eigenvalue weighted by Gasteiger charge is 2.21. The largest absolute Gasteiger partial charge is 0.373 e. The summed E-state index contributed by atoms with van der Waals surface area (Å²) >= 11 is 0. The van der Waals surface area contributed by atoms with Gasteiger partial charge in [0.2, 0.25) is 0 Å². The molecule has 0 aromatic heterocycles. The minimum atomic E-state index is 0.119. The van der Waals surface area contributed by atoms with Crippen molar-refractivity contribution in [3.63, 3.8) is 0 Å². The van der Waals surface area contributed by atoms with E-state index in [-0.39, 0.29) is 12.2 Å². The van der Waals surface area contributed by atoms with Crippen LogP contribution in [0.1, 0.15) is 37.5 Å². The van der Waals surface area contributed by atoms with Crippen LogP contribution in [0, 0.1) is 0 Å². The highest BCUT2D eigenvalue weighted by atomic mass is 16.6. The average Bonchev–Trinajstić information content (AvgIpc) is 2.39. The maximum atomic E-state index is 5.82. The number of aryl methyl sites for hydroxylation is 1. The molecule has 2 nitrogen and oxygen atoms in total. The van der Waals surface area contributed by atoms with Crippen LogP contribution >= 0.6 is 0 Å². The molecule has 1 aromatic carbocycles. The van der Waals surface area contributed by atoms with E-state index in [9.17, 15) is 0 Å². The van der Waals surface area contributed by atoms with Gasteiger partial charge in [0.05, 0.1) is 19.3 Å². The molecule has 1 aliphatic heterocycles. The van der Waals surface area contributed by atoms with E-state index in [2.05, 4.69) is 38.1 Å². The van der Waals surface area contributed by atoms with E-state index in [4.69, 9.17) is 9.47 Å². The van der Waals surface area contributed by atoms with Crippen LogP contribution in [0.3, 0.4) is 0 Å². The van der Waals surface area contributed by atoms with Crippen LogP contribution in [0.15, 0.2) is 24.3 Å². The fourth-order valence-corrected chi connectivity index (χ4v) is 1.94. The normalized spacial score (nSPS) is 25.6. The van der Waals surface area contributed by atoms with Crippen molar-refractivity contribution in [3.05, 3.63) is 35.4 Å². The number of hydrogen-bond donors (Lipinski definition) is 0. The zero-order chi connectivity index (χ0) is 11.4. The van der Waals surface area contributed by atoms with Gasteiger partial charge in [0.15, 0.2) is 0 Å². The average molecular weight is 220 g/mol. The van der Waals surface area contributed by atoms with E-state index in [0.29, 0.717) is 6.61 Å². The Labute approximate surface area is 97.6 Å². The summed E-state index contributed by atoms with van der Waals surface area (Å²) in [6.45, 7) is 5.70. The Morgan fingerprint density at radius 3 is 2.31 bits per heavy atom. The van der Waals surface area contributed by atoms with Crippen LogP contribution in [-0.4, -0.2) is 19.3 Å². The molecule has 0 unspecified atom stereocenters. The summed E-state index contributed by atoms with van der Waals surface area (Å²) in [6.07, 6.45) is 2.52. The van der Waals surface area contributed by atoms with Gasteiger partial charge in [-0.15, -0.1) is 0 Å². The van der Waals surface area contributed by atoms with Gasteiger partial charge in [0.25, 0.3) is 0 Å². The zero-order valence-electron chi connectivity index (χ0n) is 10.1. The SMILES string of the molecule is CCc1ccc([C@H]2CO[C@H](CC)CO2)cc1. The molecule has 88 valence electrons. The summed E-state index contributed by atoms with van der Waals surface area (Å²) in [6, 6.07) is 8.65. The molecule has 1 aliphatic rings. The van der Waals surface area contributed by atoms with Gasteiger partial charge in [0, 0.05) is 0 Å². The van der Waals surface area contributed by atoms with Crippen molar-refractivity contribution in [1.29, 1.82) is 0 Å². The Kier molecular flexibility index (Phi) is 3.97. The lowest BCUT2D eigenvalue weighted by Crippen LogP contribution is -2.30. The molecule has 1 fully saturated rings. The summed E-state index contributed by atoms with van der Waals surface area (Å²) < 4.78 is 11.5. The predicted octanol–water partition coefficient (Wildman–Crippen LogP) is 3.12. The monoisotopic (exact) mass is 220 g/mol. The fourth-order valence-electron chi connectivity index (χ4n) is 1.94. The molecule has 0 radical (unpaired) electrons. The van der Waals surface area contributed by atoms with Gasteiger partial charge in [-0.1, -0.05) is 38.1 Å². The highest BCUT2D eigenvalue weighted by molar-refractivity contribution is 5.24. The quantitative estimate of drug-likeness (QED) is 0.779.